The minimum Gasteiger partial charge on any atom is -0.489 e. The smallest absolute Gasteiger partial charge is 0.362 e. The van der Waals surface area contributed by atoms with Gasteiger partial charge < -0.3 is 36.4 Å². The number of anilines is 1. The van der Waals surface area contributed by atoms with Gasteiger partial charge in [-0.1, -0.05) is 5.16 Å². The van der Waals surface area contributed by atoms with Gasteiger partial charge in [0.2, 0.25) is 11.5 Å². The summed E-state index contributed by atoms with van der Waals surface area (Å²) in [5.74, 6) is -3.48. The second-order valence-electron chi connectivity index (χ2n) is 9.51. The molecule has 2 saturated heterocycles. The van der Waals surface area contributed by atoms with Crippen LogP contribution in [0.15, 0.2) is 29.4 Å². The van der Waals surface area contributed by atoms with E-state index < -0.39 is 58.6 Å². The van der Waals surface area contributed by atoms with Gasteiger partial charge in [-0.05, 0) is 57.1 Å². The van der Waals surface area contributed by atoms with Crippen molar-refractivity contribution in [2.45, 2.75) is 44.0 Å². The van der Waals surface area contributed by atoms with E-state index in [0.717, 1.165) is 25.9 Å². The van der Waals surface area contributed by atoms with Gasteiger partial charge in [0.15, 0.2) is 5.13 Å². The standard InChI is InChI=1S/C23H29N9O9S2/c1-11-16(21(34)32(11)43(37,38)39)28-20(33)17(19-29-23(25)42-31-19)30-41-15(22(35)36)10-40-14-4-2-12(3-5-14)18(24)27-13-6-8-26-9-7-13/h2-5,11,13,15-16,26H,6-10H2,1H3,(H2,24,27)(H,28,33)(H,35,36)(H2,25,29,31)(H,37,38,39)/b30-17-/t11-,15-,16-/m0/s1. The molecule has 2 aliphatic heterocycles. The Kier molecular flexibility index (Phi) is 9.73. The molecule has 20 heteroatoms. The van der Waals surface area contributed by atoms with Crippen LogP contribution < -0.4 is 26.4 Å². The summed E-state index contributed by atoms with van der Waals surface area (Å²) in [7, 11) is -4.83. The number of carbonyl (C=O) groups is 3. The van der Waals surface area contributed by atoms with Crippen molar-refractivity contribution in [1.82, 2.24) is 29.6 Å². The fraction of sp³-hybridized carbons (Fsp3) is 0.435. The molecule has 2 amide bonds. The maximum atomic E-state index is 13.0. The third-order valence-corrected chi connectivity index (χ3v) is 8.07. The van der Waals surface area contributed by atoms with Crippen molar-refractivity contribution < 1.29 is 42.0 Å². The predicted octanol–water partition coefficient (Wildman–Crippen LogP) is -1.44. The van der Waals surface area contributed by atoms with Crippen molar-refractivity contribution >= 4 is 56.3 Å². The van der Waals surface area contributed by atoms with E-state index >= 15 is 0 Å². The Labute approximate surface area is 249 Å². The van der Waals surface area contributed by atoms with Crippen molar-refractivity contribution in [3.8, 4) is 5.75 Å². The molecule has 4 rings (SSSR count). The number of ether oxygens (including phenoxy) is 1. The first-order valence-corrected chi connectivity index (χ1v) is 15.0. The maximum Gasteiger partial charge on any atom is 0.362 e. The lowest BCUT2D eigenvalue weighted by atomic mass is 10.0. The second kappa shape index (κ2) is 13.3. The zero-order valence-corrected chi connectivity index (χ0v) is 24.2. The third kappa shape index (κ3) is 7.71. The van der Waals surface area contributed by atoms with Crippen molar-refractivity contribution in [1.29, 1.82) is 5.41 Å². The zero-order chi connectivity index (χ0) is 31.3. The van der Waals surface area contributed by atoms with Crippen LogP contribution in [-0.4, -0.2) is 105 Å². The first-order valence-electron chi connectivity index (χ1n) is 12.8. The molecule has 43 heavy (non-hydrogen) atoms. The number of nitrogens with zero attached hydrogens (tertiary/aromatic N) is 4. The van der Waals surface area contributed by atoms with E-state index in [0.29, 0.717) is 17.1 Å². The quantitative estimate of drug-likeness (QED) is 0.0461. The number of hydrogen-bond donors (Lipinski definition) is 7. The van der Waals surface area contributed by atoms with Crippen molar-refractivity contribution in [3.63, 3.8) is 0 Å². The van der Waals surface area contributed by atoms with E-state index in [1.54, 1.807) is 24.3 Å². The first-order chi connectivity index (χ1) is 20.3. The first kappa shape index (κ1) is 31.5. The number of amidine groups is 1. The van der Waals surface area contributed by atoms with Crippen LogP contribution in [0.2, 0.25) is 0 Å². The van der Waals surface area contributed by atoms with Crippen LogP contribution in [0.5, 0.6) is 5.75 Å². The molecular formula is C23H29N9O9S2. The molecular weight excluding hydrogens is 610 g/mol. The molecule has 1 aromatic heterocycles. The number of benzene rings is 1. The van der Waals surface area contributed by atoms with E-state index in [4.69, 9.17) is 25.3 Å². The van der Waals surface area contributed by atoms with Crippen molar-refractivity contribution in [3.05, 3.63) is 35.7 Å². The van der Waals surface area contributed by atoms with E-state index in [2.05, 4.69) is 30.5 Å². The van der Waals surface area contributed by atoms with Crippen molar-refractivity contribution in [2.75, 3.05) is 25.4 Å². The minimum absolute atomic E-state index is 0.0540. The molecule has 0 aliphatic carbocycles. The highest BCUT2D eigenvalue weighted by Crippen LogP contribution is 2.23. The summed E-state index contributed by atoms with van der Waals surface area (Å²) in [5, 5.41) is 30.1. The summed E-state index contributed by atoms with van der Waals surface area (Å²) in [5.41, 5.74) is 5.56. The summed E-state index contributed by atoms with van der Waals surface area (Å²) in [4.78, 5) is 45.9. The Morgan fingerprint density at radius 3 is 2.51 bits per heavy atom. The number of hydrogen-bond acceptors (Lipinski definition) is 14. The number of β-lactam (4-membered cyclic amide) rings is 1. The summed E-state index contributed by atoms with van der Waals surface area (Å²) in [6, 6.07) is 4.13. The fourth-order valence-electron chi connectivity index (χ4n) is 4.23. The van der Waals surface area contributed by atoms with Gasteiger partial charge in [-0.2, -0.15) is 17.8 Å². The molecule has 2 aromatic rings. The van der Waals surface area contributed by atoms with Gasteiger partial charge in [-0.15, -0.1) is 0 Å². The molecule has 3 heterocycles. The fourth-order valence-corrected chi connectivity index (χ4v) is 5.55. The highest BCUT2D eigenvalue weighted by atomic mass is 32.2. The molecule has 8 N–H and O–H groups in total. The van der Waals surface area contributed by atoms with Crippen LogP contribution in [0.1, 0.15) is 31.2 Å². The van der Waals surface area contributed by atoms with E-state index in [-0.39, 0.29) is 32.9 Å². The molecule has 3 atom stereocenters. The number of rotatable bonds is 12. The summed E-state index contributed by atoms with van der Waals surface area (Å²) >= 11 is 0.704. The van der Waals surface area contributed by atoms with Gasteiger partial charge in [0.05, 0.1) is 6.04 Å². The molecule has 0 unspecified atom stereocenters. The van der Waals surface area contributed by atoms with Crippen LogP contribution in [0, 0.1) is 5.41 Å². The SMILES string of the molecule is C[C@H]1[C@H](NC(=O)/C(=N\O[C@@H](COc2ccc(C(=N)NC3CCNCC3)cc2)C(=O)O)c2nsc(N)n2)C(=O)N1S(=O)(=O)O. The van der Waals surface area contributed by atoms with Crippen LogP contribution >= 0.6 is 11.5 Å². The highest BCUT2D eigenvalue weighted by Gasteiger charge is 2.51. The summed E-state index contributed by atoms with van der Waals surface area (Å²) in [6.45, 7) is 2.49. The number of nitrogens with two attached hydrogens (primary N) is 1. The molecule has 18 nitrogen and oxygen atoms in total. The molecule has 0 radical (unpaired) electrons. The van der Waals surface area contributed by atoms with E-state index in [9.17, 15) is 27.9 Å². The van der Waals surface area contributed by atoms with Crippen LogP contribution in [0.3, 0.4) is 0 Å². The number of nitrogen functional groups attached to an aromatic ring is 1. The van der Waals surface area contributed by atoms with Gasteiger partial charge in [0.1, 0.15) is 24.2 Å². The number of aliphatic carboxylic acids is 1. The molecule has 232 valence electrons. The zero-order valence-electron chi connectivity index (χ0n) is 22.6. The van der Waals surface area contributed by atoms with Crippen molar-refractivity contribution in [2.24, 2.45) is 5.16 Å². The summed E-state index contributed by atoms with van der Waals surface area (Å²) in [6.07, 6.45) is 0.0998. The normalized spacial score (nSPS) is 20.1. The lowest BCUT2D eigenvalue weighted by Crippen LogP contribution is -2.71. The van der Waals surface area contributed by atoms with Crippen LogP contribution in [-0.2, 0) is 29.5 Å². The Bertz CT molecular complexity index is 1510. The largest absolute Gasteiger partial charge is 0.489 e. The molecule has 0 spiro atoms. The van der Waals surface area contributed by atoms with Gasteiger partial charge in [0, 0.05) is 23.1 Å². The topological polar surface area (TPSA) is 272 Å². The number of amides is 2. The molecule has 0 bridgehead atoms. The Hall–Kier alpha value is -4.40. The maximum absolute atomic E-state index is 13.0. The predicted molar refractivity (Wildman–Crippen MR) is 151 cm³/mol. The number of piperidine rings is 1. The highest BCUT2D eigenvalue weighted by molar-refractivity contribution is 7.84. The Morgan fingerprint density at radius 1 is 1.28 bits per heavy atom. The lowest BCUT2D eigenvalue weighted by Gasteiger charge is -2.42. The van der Waals surface area contributed by atoms with Gasteiger partial charge >= 0.3 is 16.3 Å². The monoisotopic (exact) mass is 639 g/mol. The number of carbonyl (C=O) groups excluding carboxylic acids is 2. The number of aromatic nitrogens is 2. The molecule has 1 aromatic carbocycles. The van der Waals surface area contributed by atoms with Gasteiger partial charge in [0.25, 0.3) is 17.9 Å². The van der Waals surface area contributed by atoms with E-state index in [1.807, 2.05) is 0 Å². The molecule has 2 fully saturated rings. The summed E-state index contributed by atoms with van der Waals surface area (Å²) < 4.78 is 41.4. The molecule has 2 aliphatic rings. The second-order valence-corrected chi connectivity index (χ2v) is 11.6. The number of carboxylic acid groups (broad SMARTS) is 1. The number of nitrogens with one attached hydrogen (secondary N) is 4. The van der Waals surface area contributed by atoms with Crippen LogP contribution in [0.4, 0.5) is 5.13 Å². The van der Waals surface area contributed by atoms with Gasteiger partial charge in [-0.25, -0.2) is 9.10 Å². The average molecular weight is 640 g/mol. The average Bonchev–Trinajstić information content (AvgIpc) is 3.39. The minimum atomic E-state index is -4.83. The Morgan fingerprint density at radius 2 is 1.95 bits per heavy atom. The lowest BCUT2D eigenvalue weighted by molar-refractivity contribution is -0.152. The number of oxime groups is 1. The number of carboxylic acids is 1. The van der Waals surface area contributed by atoms with Gasteiger partial charge in [-0.3, -0.25) is 19.6 Å². The Balaban J connectivity index is 1.40. The van der Waals surface area contributed by atoms with E-state index in [1.165, 1.54) is 6.92 Å². The molecule has 0 saturated carbocycles. The third-order valence-electron chi connectivity index (χ3n) is 6.52. The van der Waals surface area contributed by atoms with Crippen LogP contribution in [0.25, 0.3) is 0 Å².